The van der Waals surface area contributed by atoms with Gasteiger partial charge in [0.15, 0.2) is 11.1 Å². The first-order valence-electron chi connectivity index (χ1n) is 15.2. The highest BCUT2D eigenvalue weighted by atomic mass is 35.5. The average molecular weight is 590 g/mol. The molecule has 0 unspecified atom stereocenters. The van der Waals surface area contributed by atoms with E-state index in [2.05, 4.69) is 27.6 Å². The number of hydrogen-bond donors (Lipinski definition) is 2. The number of anilines is 1. The predicted molar refractivity (Wildman–Crippen MR) is 154 cm³/mol. The Balaban J connectivity index is 1.62. The molecule has 0 aromatic carbocycles. The van der Waals surface area contributed by atoms with Gasteiger partial charge in [-0.15, -0.1) is 0 Å². The second-order valence-electron chi connectivity index (χ2n) is 9.63. The van der Waals surface area contributed by atoms with Crippen LogP contribution in [-0.4, -0.2) is 57.2 Å². The van der Waals surface area contributed by atoms with E-state index >= 15 is 0 Å². The lowest BCUT2D eigenvalue weighted by atomic mass is 9.78. The fraction of sp³-hybridized carbons (Fsp3) is 0.464. The number of carbonyl (C=O) groups is 1. The quantitative estimate of drug-likeness (QED) is 0.369. The summed E-state index contributed by atoms with van der Waals surface area (Å²) in [6.45, 7) is -3.75. The molecule has 1 aliphatic heterocycles. The first-order chi connectivity index (χ1) is 21.3. The number of amides is 1. The number of halogens is 1. The molecule has 12 heteroatoms. The Hall–Kier alpha value is -3.46. The van der Waals surface area contributed by atoms with Crippen LogP contribution < -0.4 is 10.6 Å². The standard InChI is InChI=1S/C28H33ClN6O4S/c1-4-35-23(11-12-31-35)27(38)33-26(19-7-5-18(2)6-8-19)22(16-37)32-28-30-13-25(40-28)24(17-39-3)34-14-20(29)9-10-21(34)15-36/h9-14,18-19,24,26H,4-8,17H2,1-3H3,(H,30,32)(H,33,38)/t18?,19?,24-,26+/m1/s1/i1D3,4D2. The minimum absolute atomic E-state index is 0.00862. The largest absolute Gasteiger partial charge is 0.382 e. The number of allylic oxidation sites excluding steroid dienone is 3. The van der Waals surface area contributed by atoms with E-state index in [0.29, 0.717) is 38.5 Å². The molecule has 1 aliphatic carbocycles. The molecule has 2 aliphatic rings. The van der Waals surface area contributed by atoms with E-state index in [1.165, 1.54) is 24.5 Å². The number of ether oxygens (including phenoxy) is 1. The van der Waals surface area contributed by atoms with Gasteiger partial charge in [0.1, 0.15) is 23.0 Å². The Morgan fingerprint density at radius 2 is 2.15 bits per heavy atom. The van der Waals surface area contributed by atoms with Crippen molar-refractivity contribution in [3.8, 4) is 0 Å². The van der Waals surface area contributed by atoms with E-state index in [4.69, 9.17) is 23.2 Å². The molecule has 2 aromatic heterocycles. The van der Waals surface area contributed by atoms with E-state index in [-0.39, 0.29) is 29.6 Å². The second-order valence-corrected chi connectivity index (χ2v) is 11.1. The van der Waals surface area contributed by atoms with Gasteiger partial charge in [0.05, 0.1) is 31.3 Å². The first-order valence-corrected chi connectivity index (χ1v) is 13.9. The molecule has 2 atom stereocenters. The van der Waals surface area contributed by atoms with Crippen LogP contribution in [0.3, 0.4) is 0 Å². The molecule has 1 saturated carbocycles. The lowest BCUT2D eigenvalue weighted by Crippen LogP contribution is -2.45. The van der Waals surface area contributed by atoms with Crippen molar-refractivity contribution < 1.29 is 26.0 Å². The van der Waals surface area contributed by atoms with Gasteiger partial charge < -0.3 is 20.3 Å². The van der Waals surface area contributed by atoms with E-state index in [9.17, 15) is 14.4 Å². The topological polar surface area (TPSA) is 118 Å². The number of aryl methyl sites for hydroxylation is 1. The molecule has 0 radical (unpaired) electrons. The highest BCUT2D eigenvalue weighted by Gasteiger charge is 2.33. The van der Waals surface area contributed by atoms with Gasteiger partial charge in [-0.25, -0.2) is 14.6 Å². The fourth-order valence-corrected chi connectivity index (χ4v) is 5.98. The van der Waals surface area contributed by atoms with Crippen molar-refractivity contribution in [3.05, 3.63) is 63.8 Å². The Bertz CT molecular complexity index is 1550. The normalized spacial score (nSPS) is 22.8. The van der Waals surface area contributed by atoms with E-state index in [1.807, 2.05) is 11.9 Å². The highest BCUT2D eigenvalue weighted by molar-refractivity contribution is 7.15. The Morgan fingerprint density at radius 3 is 2.85 bits per heavy atom. The molecule has 40 heavy (non-hydrogen) atoms. The second kappa shape index (κ2) is 13.7. The summed E-state index contributed by atoms with van der Waals surface area (Å²) in [7, 11) is 1.52. The molecule has 1 amide bonds. The van der Waals surface area contributed by atoms with Gasteiger partial charge in [-0.05, 0) is 49.7 Å². The minimum atomic E-state index is -3.10. The SMILES string of the molecule is [2H]C([2H])([2H])C([2H])([2H])n1nccc1C(=O)N[C@H](C(=C=O)Nc1ncc([C@@H](COC)N2C=C(Cl)C=CC2=C=O)s1)C1CCC(C)CC1. The van der Waals surface area contributed by atoms with Crippen LogP contribution in [0.5, 0.6) is 0 Å². The minimum Gasteiger partial charge on any atom is -0.382 e. The van der Waals surface area contributed by atoms with Crippen LogP contribution in [-0.2, 0) is 20.8 Å². The lowest BCUT2D eigenvalue weighted by Gasteiger charge is -2.33. The summed E-state index contributed by atoms with van der Waals surface area (Å²) in [6.07, 6.45) is 10.6. The summed E-state index contributed by atoms with van der Waals surface area (Å²) in [4.78, 5) is 44.3. The third kappa shape index (κ3) is 6.81. The fourth-order valence-electron chi connectivity index (χ4n) is 4.90. The van der Waals surface area contributed by atoms with Crippen molar-refractivity contribution in [3.63, 3.8) is 0 Å². The number of methoxy groups -OCH3 is 1. The third-order valence-corrected chi connectivity index (χ3v) is 8.26. The Kier molecular flexibility index (Phi) is 7.99. The van der Waals surface area contributed by atoms with Gasteiger partial charge in [0, 0.05) is 36.3 Å². The van der Waals surface area contributed by atoms with Crippen molar-refractivity contribution in [2.24, 2.45) is 11.8 Å². The number of aromatic nitrogens is 3. The van der Waals surface area contributed by atoms with Crippen molar-refractivity contribution in [1.82, 2.24) is 25.0 Å². The van der Waals surface area contributed by atoms with Crippen LogP contribution in [0.2, 0.25) is 0 Å². The number of nitrogens with zero attached hydrogens (tertiary/aromatic N) is 4. The maximum absolute atomic E-state index is 13.5. The number of carbonyl (C=O) groups excluding carboxylic acids is 3. The Morgan fingerprint density at radius 1 is 1.35 bits per heavy atom. The van der Waals surface area contributed by atoms with Gasteiger partial charge >= 0.3 is 0 Å². The Labute approximate surface area is 249 Å². The summed E-state index contributed by atoms with van der Waals surface area (Å²) in [5, 5.41) is 10.3. The van der Waals surface area contributed by atoms with Gasteiger partial charge in [-0.3, -0.25) is 9.48 Å². The van der Waals surface area contributed by atoms with Gasteiger partial charge in [0.2, 0.25) is 0 Å². The zero-order chi connectivity index (χ0) is 32.9. The van der Waals surface area contributed by atoms with E-state index in [0.717, 1.165) is 19.0 Å². The van der Waals surface area contributed by atoms with Crippen LogP contribution in [0.1, 0.15) is 67.7 Å². The van der Waals surface area contributed by atoms with Crippen LogP contribution in [0, 0.1) is 11.8 Å². The monoisotopic (exact) mass is 589 g/mol. The molecule has 0 spiro atoms. The van der Waals surface area contributed by atoms with Gasteiger partial charge in [-0.2, -0.15) is 5.10 Å². The molecule has 2 N–H and O–H groups in total. The molecule has 4 rings (SSSR count). The van der Waals surface area contributed by atoms with Crippen molar-refractivity contribution in [1.29, 1.82) is 0 Å². The molecule has 0 saturated heterocycles. The lowest BCUT2D eigenvalue weighted by molar-refractivity contribution is 0.0910. The van der Waals surface area contributed by atoms with Crippen LogP contribution in [0.15, 0.2) is 53.2 Å². The zero-order valence-corrected chi connectivity index (χ0v) is 23.6. The first kappa shape index (κ1) is 23.3. The number of rotatable bonds is 11. The maximum atomic E-state index is 13.5. The molecule has 2 aromatic rings. The summed E-state index contributed by atoms with van der Waals surface area (Å²) in [5.41, 5.74) is -0.0561. The predicted octanol–water partition coefficient (Wildman–Crippen LogP) is 4.47. The van der Waals surface area contributed by atoms with Gasteiger partial charge in [-0.1, -0.05) is 42.7 Å². The maximum Gasteiger partial charge on any atom is 0.270 e. The summed E-state index contributed by atoms with van der Waals surface area (Å²) >= 11 is 7.40. The smallest absolute Gasteiger partial charge is 0.270 e. The van der Waals surface area contributed by atoms with Crippen molar-refractivity contribution in [2.75, 3.05) is 19.0 Å². The molecule has 0 bridgehead atoms. The van der Waals surface area contributed by atoms with Crippen LogP contribution in [0.25, 0.3) is 0 Å². The molecular weight excluding hydrogens is 552 g/mol. The van der Waals surface area contributed by atoms with E-state index < -0.39 is 31.3 Å². The van der Waals surface area contributed by atoms with Crippen LogP contribution in [0.4, 0.5) is 5.13 Å². The average Bonchev–Trinajstić information content (AvgIpc) is 3.68. The molecule has 1 fully saturated rings. The summed E-state index contributed by atoms with van der Waals surface area (Å²) in [6, 6.07) is -0.144. The van der Waals surface area contributed by atoms with Gasteiger partial charge in [0.25, 0.3) is 5.91 Å². The van der Waals surface area contributed by atoms with Crippen molar-refractivity contribution in [2.45, 2.75) is 58.0 Å². The van der Waals surface area contributed by atoms with Crippen molar-refractivity contribution >= 4 is 45.9 Å². The van der Waals surface area contributed by atoms with E-state index in [1.54, 1.807) is 29.4 Å². The summed E-state index contributed by atoms with van der Waals surface area (Å²) in [5.74, 6) is 3.32. The number of nitrogens with one attached hydrogen (secondary N) is 2. The molecule has 3 heterocycles. The number of hydrogen-bond acceptors (Lipinski definition) is 9. The zero-order valence-electron chi connectivity index (χ0n) is 27.0. The summed E-state index contributed by atoms with van der Waals surface area (Å²) < 4.78 is 44.9. The number of thiazole rings is 1. The molecule has 212 valence electrons. The third-order valence-electron chi connectivity index (χ3n) is 7.02. The molecular formula is C28H33ClN6O4S. The molecule has 10 nitrogen and oxygen atoms in total. The van der Waals surface area contributed by atoms with Crippen LogP contribution >= 0.6 is 22.9 Å². The highest BCUT2D eigenvalue weighted by Crippen LogP contribution is 2.36.